The van der Waals surface area contributed by atoms with Gasteiger partial charge in [0.15, 0.2) is 5.96 Å². The van der Waals surface area contributed by atoms with Crippen molar-refractivity contribution in [3.63, 3.8) is 0 Å². The van der Waals surface area contributed by atoms with Gasteiger partial charge in [-0.25, -0.2) is 4.98 Å². The van der Waals surface area contributed by atoms with Crippen molar-refractivity contribution in [2.75, 3.05) is 40.3 Å². The number of nitrogens with one attached hydrogen (secondary N) is 1. The third kappa shape index (κ3) is 5.76. The van der Waals surface area contributed by atoms with Crippen molar-refractivity contribution in [3.05, 3.63) is 66.2 Å². The largest absolute Gasteiger partial charge is 0.497 e. The topological polar surface area (TPSA) is 88.3 Å². The average molecular weight is 437 g/mol. The minimum atomic E-state index is 0.537. The first kappa shape index (κ1) is 21.6. The highest BCUT2D eigenvalue weighted by Gasteiger charge is 2.20. The van der Waals surface area contributed by atoms with Crippen LogP contribution in [0.1, 0.15) is 11.3 Å². The summed E-state index contributed by atoms with van der Waals surface area (Å²) in [5.41, 5.74) is 2.01. The maximum atomic E-state index is 5.81. The van der Waals surface area contributed by atoms with E-state index in [-0.39, 0.29) is 0 Å². The van der Waals surface area contributed by atoms with E-state index in [0.29, 0.717) is 18.2 Å². The minimum absolute atomic E-state index is 0.537. The molecule has 0 unspecified atom stereocenters. The van der Waals surface area contributed by atoms with Crippen LogP contribution in [0.4, 0.5) is 0 Å². The Kier molecular flexibility index (Phi) is 7.19. The summed E-state index contributed by atoms with van der Waals surface area (Å²) in [4.78, 5) is 13.5. The number of pyridine rings is 1. The van der Waals surface area contributed by atoms with Gasteiger partial charge in [-0.2, -0.15) is 0 Å². The minimum Gasteiger partial charge on any atom is -0.497 e. The first-order chi connectivity index (χ1) is 15.7. The summed E-state index contributed by atoms with van der Waals surface area (Å²) >= 11 is 0. The predicted octanol–water partition coefficient (Wildman–Crippen LogP) is 2.76. The molecule has 0 bridgehead atoms. The van der Waals surface area contributed by atoms with Crippen molar-refractivity contribution in [1.29, 1.82) is 0 Å². The second-order valence-corrected chi connectivity index (χ2v) is 7.44. The molecule has 1 saturated heterocycles. The Hall–Kier alpha value is -3.59. The van der Waals surface area contributed by atoms with Crippen LogP contribution in [0.15, 0.2) is 64.4 Å². The van der Waals surface area contributed by atoms with Crippen LogP contribution < -0.4 is 14.8 Å². The van der Waals surface area contributed by atoms with Gasteiger partial charge in [0.25, 0.3) is 0 Å². The fourth-order valence-electron chi connectivity index (χ4n) is 3.54. The summed E-state index contributed by atoms with van der Waals surface area (Å²) in [5, 5.41) is 7.43. The lowest BCUT2D eigenvalue weighted by Gasteiger charge is -2.36. The van der Waals surface area contributed by atoms with Gasteiger partial charge in [-0.15, -0.1) is 0 Å². The van der Waals surface area contributed by atoms with Gasteiger partial charge in [0.1, 0.15) is 17.8 Å². The standard InChI is InChI=1S/C23H28N6O3/c1-24-23(29-11-9-28(10-12-29)17-19-8-13-31-27-19)26-16-18-6-7-22(25-15-18)32-21-5-3-4-20(14-21)30-2/h3-8,13-15H,9-12,16-17H2,1-2H3,(H,24,26). The van der Waals surface area contributed by atoms with E-state index >= 15 is 0 Å². The molecule has 3 heterocycles. The maximum absolute atomic E-state index is 5.81. The Balaban J connectivity index is 1.25. The van der Waals surface area contributed by atoms with Crippen LogP contribution >= 0.6 is 0 Å². The van der Waals surface area contributed by atoms with Gasteiger partial charge in [0, 0.05) is 70.7 Å². The zero-order valence-corrected chi connectivity index (χ0v) is 18.4. The highest BCUT2D eigenvalue weighted by molar-refractivity contribution is 5.80. The molecule has 2 aromatic heterocycles. The molecular weight excluding hydrogens is 408 g/mol. The molecule has 32 heavy (non-hydrogen) atoms. The number of hydrogen-bond acceptors (Lipinski definition) is 7. The number of guanidine groups is 1. The smallest absolute Gasteiger partial charge is 0.219 e. The summed E-state index contributed by atoms with van der Waals surface area (Å²) < 4.78 is 15.9. The number of aliphatic imine (C=N–C) groups is 1. The summed E-state index contributed by atoms with van der Waals surface area (Å²) in [6.45, 7) is 5.16. The number of aromatic nitrogens is 2. The molecule has 0 amide bonds. The van der Waals surface area contributed by atoms with E-state index in [1.54, 1.807) is 13.4 Å². The highest BCUT2D eigenvalue weighted by atomic mass is 16.5. The second kappa shape index (κ2) is 10.6. The number of benzene rings is 1. The highest BCUT2D eigenvalue weighted by Crippen LogP contribution is 2.23. The monoisotopic (exact) mass is 436 g/mol. The van der Waals surface area contributed by atoms with Crippen molar-refractivity contribution in [1.82, 2.24) is 25.3 Å². The van der Waals surface area contributed by atoms with Gasteiger partial charge in [-0.1, -0.05) is 17.3 Å². The second-order valence-electron chi connectivity index (χ2n) is 7.44. The van der Waals surface area contributed by atoms with E-state index in [9.17, 15) is 0 Å². The number of piperazine rings is 1. The maximum Gasteiger partial charge on any atom is 0.219 e. The molecule has 1 fully saturated rings. The van der Waals surface area contributed by atoms with Crippen molar-refractivity contribution in [3.8, 4) is 17.4 Å². The molecule has 1 N–H and O–H groups in total. The fourth-order valence-corrected chi connectivity index (χ4v) is 3.54. The molecule has 1 aliphatic rings. The van der Waals surface area contributed by atoms with E-state index in [2.05, 4.69) is 30.2 Å². The van der Waals surface area contributed by atoms with Crippen LogP contribution in [0.25, 0.3) is 0 Å². The van der Waals surface area contributed by atoms with Gasteiger partial charge in [0.2, 0.25) is 5.88 Å². The summed E-state index contributed by atoms with van der Waals surface area (Å²) in [6, 6.07) is 13.2. The molecule has 9 nitrogen and oxygen atoms in total. The van der Waals surface area contributed by atoms with Crippen molar-refractivity contribution >= 4 is 5.96 Å². The molecule has 9 heteroatoms. The normalized spacial score (nSPS) is 14.9. The molecule has 0 spiro atoms. The number of hydrogen-bond donors (Lipinski definition) is 1. The molecule has 0 radical (unpaired) electrons. The van der Waals surface area contributed by atoms with Crippen molar-refractivity contribution in [2.45, 2.75) is 13.1 Å². The van der Waals surface area contributed by atoms with E-state index in [1.165, 1.54) is 0 Å². The van der Waals surface area contributed by atoms with Gasteiger partial charge in [0.05, 0.1) is 12.8 Å². The molecule has 3 aromatic rings. The van der Waals surface area contributed by atoms with E-state index in [0.717, 1.165) is 55.7 Å². The number of nitrogens with zero attached hydrogens (tertiary/aromatic N) is 5. The molecule has 0 saturated carbocycles. The first-order valence-corrected chi connectivity index (χ1v) is 10.6. The SMILES string of the molecule is CN=C(NCc1ccc(Oc2cccc(OC)c2)nc1)N1CCN(Cc2ccon2)CC1. The molecule has 4 rings (SSSR count). The van der Waals surface area contributed by atoms with E-state index in [1.807, 2.05) is 55.7 Å². The number of rotatable bonds is 7. The van der Waals surface area contributed by atoms with Crippen LogP contribution in [0.5, 0.6) is 17.4 Å². The number of methoxy groups -OCH3 is 1. The van der Waals surface area contributed by atoms with E-state index < -0.39 is 0 Å². The Morgan fingerprint density at radius 2 is 1.97 bits per heavy atom. The fraction of sp³-hybridized carbons (Fsp3) is 0.348. The Morgan fingerprint density at radius 3 is 2.66 bits per heavy atom. The third-order valence-corrected chi connectivity index (χ3v) is 5.27. The zero-order chi connectivity index (χ0) is 22.2. The van der Waals surface area contributed by atoms with Crippen LogP contribution in [0.2, 0.25) is 0 Å². The lowest BCUT2D eigenvalue weighted by Crippen LogP contribution is -2.52. The quantitative estimate of drug-likeness (QED) is 0.447. The molecule has 0 atom stereocenters. The summed E-state index contributed by atoms with van der Waals surface area (Å²) in [5.74, 6) is 2.86. The predicted molar refractivity (Wildman–Crippen MR) is 121 cm³/mol. The Labute approximate surface area is 187 Å². The van der Waals surface area contributed by atoms with Gasteiger partial charge >= 0.3 is 0 Å². The zero-order valence-electron chi connectivity index (χ0n) is 18.4. The Morgan fingerprint density at radius 1 is 1.12 bits per heavy atom. The van der Waals surface area contributed by atoms with Crippen LogP contribution in [0, 0.1) is 0 Å². The van der Waals surface area contributed by atoms with Gasteiger partial charge in [-0.3, -0.25) is 9.89 Å². The Bertz CT molecular complexity index is 999. The third-order valence-electron chi connectivity index (χ3n) is 5.27. The lowest BCUT2D eigenvalue weighted by atomic mass is 10.2. The summed E-state index contributed by atoms with van der Waals surface area (Å²) in [6.07, 6.45) is 3.43. The van der Waals surface area contributed by atoms with Gasteiger partial charge < -0.3 is 24.2 Å². The molecule has 0 aliphatic carbocycles. The van der Waals surface area contributed by atoms with Gasteiger partial charge in [-0.05, 0) is 17.7 Å². The average Bonchev–Trinajstić information content (AvgIpc) is 3.35. The summed E-state index contributed by atoms with van der Waals surface area (Å²) in [7, 11) is 3.44. The molecule has 1 aliphatic heterocycles. The number of ether oxygens (including phenoxy) is 2. The lowest BCUT2D eigenvalue weighted by molar-refractivity contribution is 0.169. The van der Waals surface area contributed by atoms with Crippen LogP contribution in [0.3, 0.4) is 0 Å². The molecule has 1 aromatic carbocycles. The van der Waals surface area contributed by atoms with Crippen molar-refractivity contribution in [2.24, 2.45) is 4.99 Å². The van der Waals surface area contributed by atoms with Crippen molar-refractivity contribution < 1.29 is 14.0 Å². The van der Waals surface area contributed by atoms with Crippen LogP contribution in [-0.2, 0) is 13.1 Å². The van der Waals surface area contributed by atoms with E-state index in [4.69, 9.17) is 14.0 Å². The molecular formula is C23H28N6O3. The van der Waals surface area contributed by atoms with Crippen LogP contribution in [-0.4, -0.2) is 66.2 Å². The first-order valence-electron chi connectivity index (χ1n) is 10.6. The molecule has 168 valence electrons.